The molecule has 2 N–H and O–H groups in total. The maximum atomic E-state index is 12.3. The van der Waals surface area contributed by atoms with Crippen LogP contribution in [0.25, 0.3) is 0 Å². The van der Waals surface area contributed by atoms with Gasteiger partial charge in [-0.15, -0.1) is 0 Å². The molecule has 0 saturated heterocycles. The predicted octanol–water partition coefficient (Wildman–Crippen LogP) is 4.35. The van der Waals surface area contributed by atoms with Crippen LogP contribution in [0.2, 0.25) is 5.02 Å². The van der Waals surface area contributed by atoms with Crippen LogP contribution >= 0.6 is 11.6 Å². The van der Waals surface area contributed by atoms with E-state index in [2.05, 4.69) is 15.8 Å². The van der Waals surface area contributed by atoms with E-state index in [0.717, 1.165) is 5.56 Å². The molecule has 0 spiro atoms. The molecule has 0 unspecified atom stereocenters. The lowest BCUT2D eigenvalue weighted by Crippen LogP contribution is -2.32. The Balaban J connectivity index is 1.57. The Morgan fingerprint density at radius 3 is 2.19 bits per heavy atom. The summed E-state index contributed by atoms with van der Waals surface area (Å²) in [6.07, 6.45) is 0. The van der Waals surface area contributed by atoms with Gasteiger partial charge in [-0.2, -0.15) is 5.10 Å². The maximum absolute atomic E-state index is 12.3. The van der Waals surface area contributed by atoms with Crippen LogP contribution in [-0.2, 0) is 9.59 Å². The van der Waals surface area contributed by atoms with E-state index in [4.69, 9.17) is 16.3 Å². The third-order valence-electron chi connectivity index (χ3n) is 4.48. The van der Waals surface area contributed by atoms with Crippen molar-refractivity contribution < 1.29 is 19.1 Å². The number of hydrazone groups is 1. The van der Waals surface area contributed by atoms with E-state index in [9.17, 15) is 14.4 Å². The number of aryl methyl sites for hydroxylation is 1. The highest BCUT2D eigenvalue weighted by atomic mass is 35.5. The molecule has 3 rings (SSSR count). The van der Waals surface area contributed by atoms with Gasteiger partial charge < -0.3 is 10.1 Å². The number of hydrogen-bond acceptors (Lipinski definition) is 5. The number of rotatable bonds is 5. The highest BCUT2D eigenvalue weighted by molar-refractivity contribution is 6.39. The van der Waals surface area contributed by atoms with Crippen LogP contribution in [0.4, 0.5) is 5.69 Å². The molecule has 8 heteroatoms. The second-order valence-corrected chi connectivity index (χ2v) is 7.26. The van der Waals surface area contributed by atoms with Crippen molar-refractivity contribution in [3.8, 4) is 5.75 Å². The number of hydrogen-bond donors (Lipinski definition) is 2. The zero-order valence-corrected chi connectivity index (χ0v) is 18.1. The van der Waals surface area contributed by atoms with Gasteiger partial charge in [-0.1, -0.05) is 29.8 Å². The second-order valence-electron chi connectivity index (χ2n) is 6.83. The highest BCUT2D eigenvalue weighted by Gasteiger charge is 2.14. The Hall–Kier alpha value is -3.97. The topological polar surface area (TPSA) is 96.9 Å². The maximum Gasteiger partial charge on any atom is 0.343 e. The lowest BCUT2D eigenvalue weighted by atomic mass is 10.1. The smallest absolute Gasteiger partial charge is 0.343 e. The zero-order chi connectivity index (χ0) is 23.1. The third kappa shape index (κ3) is 6.02. The van der Waals surface area contributed by atoms with Gasteiger partial charge in [0.25, 0.3) is 0 Å². The summed E-state index contributed by atoms with van der Waals surface area (Å²) in [4.78, 5) is 36.2. The van der Waals surface area contributed by atoms with Crippen LogP contribution < -0.4 is 15.5 Å². The van der Waals surface area contributed by atoms with Crippen molar-refractivity contribution in [3.05, 3.63) is 94.5 Å². The first-order valence-corrected chi connectivity index (χ1v) is 10.0. The molecule has 0 bridgehead atoms. The molecule has 32 heavy (non-hydrogen) atoms. The summed E-state index contributed by atoms with van der Waals surface area (Å²) in [5.41, 5.74) is 5.12. The number of carbonyl (C=O) groups excluding carboxylic acids is 3. The number of amides is 2. The summed E-state index contributed by atoms with van der Waals surface area (Å²) < 4.78 is 5.40. The van der Waals surface area contributed by atoms with E-state index in [0.29, 0.717) is 33.3 Å². The molecular formula is C24H20ClN3O4. The van der Waals surface area contributed by atoms with E-state index < -0.39 is 17.8 Å². The number of anilines is 1. The van der Waals surface area contributed by atoms with Gasteiger partial charge in [-0.25, -0.2) is 10.2 Å². The second kappa shape index (κ2) is 10.4. The van der Waals surface area contributed by atoms with Crippen LogP contribution in [-0.4, -0.2) is 23.5 Å². The van der Waals surface area contributed by atoms with Gasteiger partial charge in [0.15, 0.2) is 0 Å². The van der Waals surface area contributed by atoms with E-state index in [1.807, 2.05) is 19.1 Å². The van der Waals surface area contributed by atoms with Gasteiger partial charge >= 0.3 is 17.8 Å². The van der Waals surface area contributed by atoms with Crippen LogP contribution in [0.15, 0.2) is 77.9 Å². The Morgan fingerprint density at radius 2 is 1.53 bits per heavy atom. The van der Waals surface area contributed by atoms with E-state index in [1.54, 1.807) is 67.6 Å². The summed E-state index contributed by atoms with van der Waals surface area (Å²) in [6, 6.07) is 20.2. The molecular weight excluding hydrogens is 430 g/mol. The summed E-state index contributed by atoms with van der Waals surface area (Å²) in [5, 5.41) is 6.91. The normalized spacial score (nSPS) is 10.9. The SMILES string of the molecule is C/C(=N\NC(=O)C(=O)Nc1ccc(Cl)cc1)c1ccc(OC(=O)c2ccccc2C)cc1. The van der Waals surface area contributed by atoms with Gasteiger partial charge in [-0.05, 0) is 79.6 Å². The first kappa shape index (κ1) is 22.7. The molecule has 0 aliphatic carbocycles. The number of nitrogens with zero attached hydrogens (tertiary/aromatic N) is 1. The average molecular weight is 450 g/mol. The van der Waals surface area contributed by atoms with E-state index in [1.165, 1.54) is 0 Å². The van der Waals surface area contributed by atoms with Crippen molar-refractivity contribution in [3.63, 3.8) is 0 Å². The Labute approximate surface area is 190 Å². The van der Waals surface area contributed by atoms with Crippen molar-refractivity contribution >= 4 is 40.8 Å². The first-order valence-electron chi connectivity index (χ1n) is 9.63. The van der Waals surface area contributed by atoms with Crippen LogP contribution in [0.3, 0.4) is 0 Å². The quantitative estimate of drug-likeness (QED) is 0.199. The molecule has 0 heterocycles. The van der Waals surface area contributed by atoms with Crippen molar-refractivity contribution in [1.29, 1.82) is 0 Å². The Kier molecular flexibility index (Phi) is 7.36. The number of esters is 1. The third-order valence-corrected chi connectivity index (χ3v) is 4.73. The van der Waals surface area contributed by atoms with Crippen molar-refractivity contribution in [1.82, 2.24) is 5.43 Å². The fourth-order valence-electron chi connectivity index (χ4n) is 2.70. The minimum absolute atomic E-state index is 0.376. The molecule has 0 fully saturated rings. The zero-order valence-electron chi connectivity index (χ0n) is 17.4. The first-order chi connectivity index (χ1) is 15.3. The average Bonchev–Trinajstić information content (AvgIpc) is 2.79. The molecule has 0 aliphatic heterocycles. The van der Waals surface area contributed by atoms with Crippen molar-refractivity contribution in [2.75, 3.05) is 5.32 Å². The van der Waals surface area contributed by atoms with Gasteiger partial charge in [0, 0.05) is 10.7 Å². The molecule has 3 aromatic carbocycles. The summed E-state index contributed by atoms with van der Waals surface area (Å²) in [6.45, 7) is 3.51. The van der Waals surface area contributed by atoms with Crippen LogP contribution in [0.5, 0.6) is 5.75 Å². The molecule has 0 aromatic heterocycles. The fourth-order valence-corrected chi connectivity index (χ4v) is 2.83. The molecule has 162 valence electrons. The van der Waals surface area contributed by atoms with Crippen LogP contribution in [0, 0.1) is 6.92 Å². The Bertz CT molecular complexity index is 1170. The van der Waals surface area contributed by atoms with Gasteiger partial charge in [0.1, 0.15) is 5.75 Å². The van der Waals surface area contributed by atoms with E-state index in [-0.39, 0.29) is 0 Å². The summed E-state index contributed by atoms with van der Waals surface area (Å²) in [5.74, 6) is -1.84. The lowest BCUT2D eigenvalue weighted by Gasteiger charge is -2.08. The minimum Gasteiger partial charge on any atom is -0.423 e. The van der Waals surface area contributed by atoms with Gasteiger partial charge in [0.2, 0.25) is 0 Å². The van der Waals surface area contributed by atoms with Crippen molar-refractivity contribution in [2.45, 2.75) is 13.8 Å². The molecule has 2 amide bonds. The van der Waals surface area contributed by atoms with Gasteiger partial charge in [0.05, 0.1) is 11.3 Å². The molecule has 7 nitrogen and oxygen atoms in total. The number of halogens is 1. The largest absolute Gasteiger partial charge is 0.423 e. The van der Waals surface area contributed by atoms with E-state index >= 15 is 0 Å². The van der Waals surface area contributed by atoms with Crippen LogP contribution in [0.1, 0.15) is 28.4 Å². The summed E-state index contributed by atoms with van der Waals surface area (Å²) in [7, 11) is 0. The number of nitrogens with one attached hydrogen (secondary N) is 2. The number of benzene rings is 3. The minimum atomic E-state index is -0.914. The summed E-state index contributed by atoms with van der Waals surface area (Å²) >= 11 is 5.79. The fraction of sp³-hybridized carbons (Fsp3) is 0.0833. The lowest BCUT2D eigenvalue weighted by molar-refractivity contribution is -0.136. The highest BCUT2D eigenvalue weighted by Crippen LogP contribution is 2.17. The standard InChI is InChI=1S/C24H20ClN3O4/c1-15-5-3-4-6-21(15)24(31)32-20-13-7-17(8-14-20)16(2)27-28-23(30)22(29)26-19-11-9-18(25)10-12-19/h3-14H,1-2H3,(H,26,29)(H,28,30)/b27-16+. The molecule has 0 radical (unpaired) electrons. The molecule has 3 aromatic rings. The number of carbonyl (C=O) groups is 3. The number of ether oxygens (including phenoxy) is 1. The molecule has 0 atom stereocenters. The van der Waals surface area contributed by atoms with Crippen molar-refractivity contribution in [2.24, 2.45) is 5.10 Å². The molecule has 0 saturated carbocycles. The monoisotopic (exact) mass is 449 g/mol. The van der Waals surface area contributed by atoms with Gasteiger partial charge in [-0.3, -0.25) is 9.59 Å². The Morgan fingerprint density at radius 1 is 0.875 bits per heavy atom. The predicted molar refractivity (Wildman–Crippen MR) is 123 cm³/mol. The molecule has 0 aliphatic rings.